The van der Waals surface area contributed by atoms with Crippen molar-refractivity contribution in [2.45, 2.75) is 30.9 Å². The first-order chi connectivity index (χ1) is 11.3. The van der Waals surface area contributed by atoms with Crippen LogP contribution in [0.2, 0.25) is 0 Å². The highest BCUT2D eigenvalue weighted by Gasteiger charge is 2.30. The maximum Gasteiger partial charge on any atom is 0.231 e. The van der Waals surface area contributed by atoms with Gasteiger partial charge in [-0.15, -0.1) is 0 Å². The summed E-state index contributed by atoms with van der Waals surface area (Å²) in [7, 11) is 0. The minimum atomic E-state index is 0.159. The van der Waals surface area contributed by atoms with Crippen molar-refractivity contribution in [3.63, 3.8) is 0 Å². The topological polar surface area (TPSA) is 59.2 Å². The fourth-order valence-corrected chi connectivity index (χ4v) is 3.24. The maximum atomic E-state index is 12.2. The molecule has 23 heavy (non-hydrogen) atoms. The molecule has 0 saturated carbocycles. The summed E-state index contributed by atoms with van der Waals surface area (Å²) in [6.07, 6.45) is 4.24. The Hall–Kier alpha value is -1.82. The molecule has 0 radical (unpaired) electrons. The van der Waals surface area contributed by atoms with Gasteiger partial charge in [-0.2, -0.15) is 16.7 Å². The Bertz CT molecular complexity index is 644. The van der Waals surface area contributed by atoms with Gasteiger partial charge in [0.25, 0.3) is 0 Å². The van der Waals surface area contributed by atoms with Crippen LogP contribution < -0.4 is 0 Å². The first kappa shape index (κ1) is 16.1. The number of benzene rings is 1. The number of nitrogens with zero attached hydrogens (tertiary/aromatic N) is 3. The van der Waals surface area contributed by atoms with Gasteiger partial charge < -0.3 is 9.42 Å². The number of carbonyl (C=O) groups is 1. The van der Waals surface area contributed by atoms with Crippen molar-refractivity contribution in [3.8, 4) is 0 Å². The molecule has 3 rings (SSSR count). The molecule has 122 valence electrons. The van der Waals surface area contributed by atoms with E-state index in [-0.39, 0.29) is 11.8 Å². The Morgan fingerprint density at radius 2 is 2.17 bits per heavy atom. The van der Waals surface area contributed by atoms with Crippen molar-refractivity contribution < 1.29 is 9.32 Å². The highest BCUT2D eigenvalue weighted by Crippen LogP contribution is 2.27. The molecule has 0 N–H and O–H groups in total. The Morgan fingerprint density at radius 1 is 1.35 bits per heavy atom. The van der Waals surface area contributed by atoms with E-state index in [2.05, 4.69) is 22.3 Å². The van der Waals surface area contributed by atoms with Crippen LogP contribution in [0.1, 0.15) is 36.0 Å². The van der Waals surface area contributed by atoms with Crippen LogP contribution >= 0.6 is 11.8 Å². The Kier molecular flexibility index (Phi) is 5.33. The molecule has 1 aromatic heterocycles. The first-order valence-corrected chi connectivity index (χ1v) is 9.28. The van der Waals surface area contributed by atoms with Crippen molar-refractivity contribution in [2.75, 3.05) is 19.3 Å². The lowest BCUT2D eigenvalue weighted by atomic mass is 9.97. The average Bonchev–Trinajstić information content (AvgIpc) is 3.04. The lowest BCUT2D eigenvalue weighted by Gasteiger charge is -2.31. The standard InChI is InChI=1S/C17H21N3O2S/c1-23-12-15-18-17(22-19-15)14-7-8-16(21)20(11-14)10-9-13-5-3-2-4-6-13/h2-6,14H,7-12H2,1H3/t14-/m0/s1. The Morgan fingerprint density at radius 3 is 2.96 bits per heavy atom. The molecule has 1 fully saturated rings. The number of thioether (sulfide) groups is 1. The van der Waals surface area contributed by atoms with Gasteiger partial charge in [0.1, 0.15) is 0 Å². The third kappa shape index (κ3) is 4.13. The lowest BCUT2D eigenvalue weighted by Crippen LogP contribution is -2.40. The molecule has 1 amide bonds. The zero-order valence-electron chi connectivity index (χ0n) is 13.3. The molecule has 1 atom stereocenters. The normalized spacial score (nSPS) is 18.4. The molecule has 0 aliphatic carbocycles. The summed E-state index contributed by atoms with van der Waals surface area (Å²) in [6.45, 7) is 1.41. The monoisotopic (exact) mass is 331 g/mol. The molecule has 1 aliphatic rings. The van der Waals surface area contributed by atoms with Crippen LogP contribution in [0, 0.1) is 0 Å². The minimum Gasteiger partial charge on any atom is -0.342 e. The number of aromatic nitrogens is 2. The number of carbonyl (C=O) groups excluding carboxylic acids is 1. The summed E-state index contributed by atoms with van der Waals surface area (Å²) < 4.78 is 5.39. The summed E-state index contributed by atoms with van der Waals surface area (Å²) >= 11 is 1.67. The fourth-order valence-electron chi connectivity index (χ4n) is 2.86. The predicted octanol–water partition coefficient (Wildman–Crippen LogP) is 2.88. The van der Waals surface area contributed by atoms with Gasteiger partial charge in [0.2, 0.25) is 11.8 Å². The van der Waals surface area contributed by atoms with Gasteiger partial charge in [0.05, 0.1) is 11.7 Å². The zero-order chi connectivity index (χ0) is 16.1. The molecule has 0 spiro atoms. The van der Waals surface area contributed by atoms with Gasteiger partial charge in [0.15, 0.2) is 5.82 Å². The second kappa shape index (κ2) is 7.64. The molecule has 1 aliphatic heterocycles. The van der Waals surface area contributed by atoms with Crippen molar-refractivity contribution in [2.24, 2.45) is 0 Å². The highest BCUT2D eigenvalue weighted by atomic mass is 32.2. The average molecular weight is 331 g/mol. The van der Waals surface area contributed by atoms with Crippen LogP contribution in [-0.4, -0.2) is 40.3 Å². The number of hydrogen-bond acceptors (Lipinski definition) is 5. The number of rotatable bonds is 6. The van der Waals surface area contributed by atoms with Crippen LogP contribution in [0.5, 0.6) is 0 Å². The summed E-state index contributed by atoms with van der Waals surface area (Å²) in [5.41, 5.74) is 1.25. The minimum absolute atomic E-state index is 0.159. The molecular weight excluding hydrogens is 310 g/mol. The summed E-state index contributed by atoms with van der Waals surface area (Å²) in [5, 5.41) is 4.01. The maximum absolute atomic E-state index is 12.2. The predicted molar refractivity (Wildman–Crippen MR) is 90.2 cm³/mol. The first-order valence-electron chi connectivity index (χ1n) is 7.89. The van der Waals surface area contributed by atoms with Crippen LogP contribution in [0.25, 0.3) is 0 Å². The molecule has 0 unspecified atom stereocenters. The Balaban J connectivity index is 1.60. The van der Waals surface area contributed by atoms with Gasteiger partial charge in [-0.3, -0.25) is 4.79 Å². The summed E-state index contributed by atoms with van der Waals surface area (Å²) in [6, 6.07) is 10.3. The van der Waals surface area contributed by atoms with E-state index in [0.29, 0.717) is 18.9 Å². The number of amides is 1. The molecule has 0 bridgehead atoms. The van der Waals surface area contributed by atoms with E-state index in [9.17, 15) is 4.79 Å². The van der Waals surface area contributed by atoms with E-state index in [1.807, 2.05) is 29.4 Å². The summed E-state index contributed by atoms with van der Waals surface area (Å²) in [5.74, 6) is 2.55. The lowest BCUT2D eigenvalue weighted by molar-refractivity contribution is -0.133. The van der Waals surface area contributed by atoms with Crippen LogP contribution in [0.3, 0.4) is 0 Å². The van der Waals surface area contributed by atoms with Crippen molar-refractivity contribution in [3.05, 3.63) is 47.6 Å². The quantitative estimate of drug-likeness (QED) is 0.814. The van der Waals surface area contributed by atoms with Crippen molar-refractivity contribution in [1.82, 2.24) is 15.0 Å². The molecule has 2 aromatic rings. The van der Waals surface area contributed by atoms with E-state index < -0.39 is 0 Å². The molecule has 1 aromatic carbocycles. The fraction of sp³-hybridized carbons (Fsp3) is 0.471. The highest BCUT2D eigenvalue weighted by molar-refractivity contribution is 7.97. The van der Waals surface area contributed by atoms with E-state index in [0.717, 1.165) is 31.0 Å². The van der Waals surface area contributed by atoms with E-state index >= 15 is 0 Å². The van der Waals surface area contributed by atoms with Crippen LogP contribution in [0.4, 0.5) is 0 Å². The number of hydrogen-bond donors (Lipinski definition) is 0. The SMILES string of the molecule is CSCc1noc([C@H]2CCC(=O)N(CCc3ccccc3)C2)n1. The largest absolute Gasteiger partial charge is 0.342 e. The van der Waals surface area contributed by atoms with E-state index in [1.165, 1.54) is 5.56 Å². The molecule has 2 heterocycles. The molecule has 6 heteroatoms. The van der Waals surface area contributed by atoms with Gasteiger partial charge in [-0.1, -0.05) is 35.5 Å². The third-order valence-electron chi connectivity index (χ3n) is 4.12. The summed E-state index contributed by atoms with van der Waals surface area (Å²) in [4.78, 5) is 18.6. The zero-order valence-corrected chi connectivity index (χ0v) is 14.1. The third-order valence-corrected chi connectivity index (χ3v) is 4.67. The molecule has 1 saturated heterocycles. The van der Waals surface area contributed by atoms with Crippen molar-refractivity contribution in [1.29, 1.82) is 0 Å². The Labute approximate surface area is 140 Å². The van der Waals surface area contributed by atoms with Gasteiger partial charge in [0, 0.05) is 19.5 Å². The number of likely N-dealkylation sites (tertiary alicyclic amines) is 1. The molecule has 5 nitrogen and oxygen atoms in total. The second-order valence-electron chi connectivity index (χ2n) is 5.79. The van der Waals surface area contributed by atoms with Crippen LogP contribution in [0.15, 0.2) is 34.9 Å². The van der Waals surface area contributed by atoms with Gasteiger partial charge in [-0.25, -0.2) is 0 Å². The molecular formula is C17H21N3O2S. The number of piperidine rings is 1. The smallest absolute Gasteiger partial charge is 0.231 e. The van der Waals surface area contributed by atoms with Gasteiger partial charge >= 0.3 is 0 Å². The van der Waals surface area contributed by atoms with Crippen LogP contribution in [-0.2, 0) is 17.0 Å². The van der Waals surface area contributed by atoms with E-state index in [1.54, 1.807) is 11.8 Å². The second-order valence-corrected chi connectivity index (χ2v) is 6.66. The van der Waals surface area contributed by atoms with Gasteiger partial charge in [-0.05, 0) is 24.7 Å². The van der Waals surface area contributed by atoms with E-state index in [4.69, 9.17) is 4.52 Å². The van der Waals surface area contributed by atoms with Crippen molar-refractivity contribution >= 4 is 17.7 Å².